The predicted molar refractivity (Wildman–Crippen MR) is 105 cm³/mol. The van der Waals surface area contributed by atoms with Crippen molar-refractivity contribution >= 4 is 22.8 Å². The third kappa shape index (κ3) is 3.08. The second-order valence-electron chi connectivity index (χ2n) is 7.78. The average molecular weight is 388 g/mol. The monoisotopic (exact) mass is 388 g/mol. The lowest BCUT2D eigenvalue weighted by Crippen LogP contribution is -2.76. The Morgan fingerprint density at radius 1 is 1.32 bits per heavy atom. The Balaban J connectivity index is 1.93. The van der Waals surface area contributed by atoms with Crippen LogP contribution in [0, 0.1) is 5.41 Å². The van der Waals surface area contributed by atoms with Gasteiger partial charge < -0.3 is 24.5 Å². The lowest BCUT2D eigenvalue weighted by atomic mass is 9.54. The number of hydrogen-bond donors (Lipinski definition) is 2. The first-order chi connectivity index (χ1) is 13.3. The van der Waals surface area contributed by atoms with Gasteiger partial charge in [-0.3, -0.25) is 4.79 Å². The summed E-state index contributed by atoms with van der Waals surface area (Å²) in [5.74, 6) is -1.43. The number of aliphatic carboxylic acids is 1. The van der Waals surface area contributed by atoms with Gasteiger partial charge in [0.25, 0.3) is 5.91 Å². The van der Waals surface area contributed by atoms with E-state index in [9.17, 15) is 14.7 Å². The Kier molecular flexibility index (Phi) is 5.50. The smallest absolute Gasteiger partial charge is 0.330 e. The maximum atomic E-state index is 13.2. The van der Waals surface area contributed by atoms with Crippen molar-refractivity contribution in [3.8, 4) is 0 Å². The summed E-state index contributed by atoms with van der Waals surface area (Å²) in [5.41, 5.74) is -0.712. The number of para-hydroxylation sites is 1. The number of benzene rings is 1. The molecule has 0 aliphatic heterocycles. The van der Waals surface area contributed by atoms with Crippen molar-refractivity contribution in [3.05, 3.63) is 36.0 Å². The molecule has 0 saturated heterocycles. The molecule has 1 aliphatic rings. The molecule has 28 heavy (non-hydrogen) atoms. The third-order valence-corrected chi connectivity index (χ3v) is 6.03. The van der Waals surface area contributed by atoms with Crippen molar-refractivity contribution < 1.29 is 24.2 Å². The molecule has 152 valence electrons. The minimum Gasteiger partial charge on any atom is -0.479 e. The van der Waals surface area contributed by atoms with Gasteiger partial charge in [-0.25, -0.2) is 4.79 Å². The molecule has 3 rings (SSSR count). The molecule has 1 aromatic heterocycles. The summed E-state index contributed by atoms with van der Waals surface area (Å²) in [4.78, 5) is 25.3. The first-order valence-corrected chi connectivity index (χ1v) is 9.52. The van der Waals surface area contributed by atoms with Crippen LogP contribution in [-0.4, -0.2) is 53.5 Å². The zero-order chi connectivity index (χ0) is 20.5. The third-order valence-electron chi connectivity index (χ3n) is 6.03. The molecule has 2 aromatic rings. The van der Waals surface area contributed by atoms with E-state index < -0.39 is 22.8 Å². The van der Waals surface area contributed by atoms with E-state index in [0.717, 1.165) is 10.9 Å². The molecule has 1 fully saturated rings. The molecular weight excluding hydrogens is 360 g/mol. The van der Waals surface area contributed by atoms with Crippen molar-refractivity contribution in [2.45, 2.75) is 45.4 Å². The quantitative estimate of drug-likeness (QED) is 0.726. The molecule has 7 heteroatoms. The molecule has 1 heterocycles. The highest BCUT2D eigenvalue weighted by Crippen LogP contribution is 2.51. The van der Waals surface area contributed by atoms with E-state index in [1.165, 1.54) is 0 Å². The molecular formula is C21H28N2O5. The van der Waals surface area contributed by atoms with E-state index in [1.807, 2.05) is 49.6 Å². The SMILES string of the molecule is CCOC1CC(NC(=O)c2cn(CCOC)c3ccccc23)(C(=O)O)C1(C)C. The fourth-order valence-corrected chi connectivity index (χ4v) is 4.10. The fourth-order valence-electron chi connectivity index (χ4n) is 4.10. The van der Waals surface area contributed by atoms with E-state index in [2.05, 4.69) is 5.32 Å². The lowest BCUT2D eigenvalue weighted by molar-refractivity contribution is -0.190. The van der Waals surface area contributed by atoms with Gasteiger partial charge in [0.05, 0.1) is 18.3 Å². The Morgan fingerprint density at radius 3 is 2.64 bits per heavy atom. The summed E-state index contributed by atoms with van der Waals surface area (Å²) in [5, 5.41) is 13.6. The maximum absolute atomic E-state index is 13.2. The molecule has 1 amide bonds. The van der Waals surface area contributed by atoms with E-state index >= 15 is 0 Å². The molecule has 0 radical (unpaired) electrons. The highest BCUT2D eigenvalue weighted by Gasteiger charge is 2.66. The van der Waals surface area contributed by atoms with Gasteiger partial charge >= 0.3 is 5.97 Å². The van der Waals surface area contributed by atoms with Gasteiger partial charge in [0.1, 0.15) is 5.54 Å². The number of aromatic nitrogens is 1. The van der Waals surface area contributed by atoms with Crippen LogP contribution in [0.2, 0.25) is 0 Å². The predicted octanol–water partition coefficient (Wildman–Crippen LogP) is 2.68. The van der Waals surface area contributed by atoms with E-state index in [-0.39, 0.29) is 12.5 Å². The second kappa shape index (κ2) is 7.56. The molecule has 2 N–H and O–H groups in total. The molecule has 0 bridgehead atoms. The molecule has 7 nitrogen and oxygen atoms in total. The first kappa shape index (κ1) is 20.4. The number of carboxylic acid groups (broad SMARTS) is 1. The van der Waals surface area contributed by atoms with Crippen molar-refractivity contribution in [2.24, 2.45) is 5.41 Å². The summed E-state index contributed by atoms with van der Waals surface area (Å²) in [6.45, 7) is 7.16. The van der Waals surface area contributed by atoms with Gasteiger partial charge in [0.15, 0.2) is 0 Å². The fraction of sp³-hybridized carbons (Fsp3) is 0.524. The van der Waals surface area contributed by atoms with Crippen molar-refractivity contribution in [3.63, 3.8) is 0 Å². The largest absolute Gasteiger partial charge is 0.479 e. The number of methoxy groups -OCH3 is 1. The Hall–Kier alpha value is -2.38. The Bertz CT molecular complexity index is 888. The van der Waals surface area contributed by atoms with Gasteiger partial charge in [-0.2, -0.15) is 0 Å². The van der Waals surface area contributed by atoms with Crippen molar-refractivity contribution in [1.29, 1.82) is 0 Å². The summed E-state index contributed by atoms with van der Waals surface area (Å²) < 4.78 is 12.8. The van der Waals surface area contributed by atoms with Gasteiger partial charge in [-0.15, -0.1) is 0 Å². The van der Waals surface area contributed by atoms with Crippen molar-refractivity contribution in [2.75, 3.05) is 20.3 Å². The zero-order valence-electron chi connectivity index (χ0n) is 16.8. The van der Waals surface area contributed by atoms with Crippen LogP contribution >= 0.6 is 0 Å². The number of nitrogens with zero attached hydrogens (tertiary/aromatic N) is 1. The van der Waals surface area contributed by atoms with Crippen LogP contribution in [0.25, 0.3) is 10.9 Å². The summed E-state index contributed by atoms with van der Waals surface area (Å²) in [6.07, 6.45) is 1.80. The average Bonchev–Trinajstić information content (AvgIpc) is 3.04. The molecule has 1 saturated carbocycles. The number of carbonyl (C=O) groups is 2. The van der Waals surface area contributed by atoms with Crippen LogP contribution in [0.15, 0.2) is 30.5 Å². The van der Waals surface area contributed by atoms with Crippen LogP contribution in [0.3, 0.4) is 0 Å². The topological polar surface area (TPSA) is 89.8 Å². The molecule has 2 unspecified atom stereocenters. The summed E-state index contributed by atoms with van der Waals surface area (Å²) in [7, 11) is 1.63. The normalized spacial score (nSPS) is 23.4. The standard InChI is InChI=1S/C21H28N2O5/c1-5-28-17-12-21(19(25)26,20(17,2)3)22-18(24)15-13-23(10-11-27-4)16-9-7-6-8-14(15)16/h6-9,13,17H,5,10-12H2,1-4H3,(H,22,24)(H,25,26). The molecule has 1 aromatic carbocycles. The van der Waals surface area contributed by atoms with Crippen LogP contribution in [0.5, 0.6) is 0 Å². The number of carbonyl (C=O) groups excluding carboxylic acids is 1. The number of nitrogens with one attached hydrogen (secondary N) is 1. The maximum Gasteiger partial charge on any atom is 0.330 e. The van der Waals surface area contributed by atoms with E-state index in [0.29, 0.717) is 25.3 Å². The number of carboxylic acids is 1. The minimum atomic E-state index is -1.36. The zero-order valence-corrected chi connectivity index (χ0v) is 16.8. The number of amides is 1. The number of fused-ring (bicyclic) bond motifs is 1. The van der Waals surface area contributed by atoms with Gasteiger partial charge in [-0.1, -0.05) is 32.0 Å². The number of hydrogen-bond acceptors (Lipinski definition) is 4. The van der Waals surface area contributed by atoms with Crippen LogP contribution in [0.1, 0.15) is 37.6 Å². The Labute approximate surface area is 164 Å². The van der Waals surface area contributed by atoms with Gasteiger partial charge in [-0.05, 0) is 13.0 Å². The van der Waals surface area contributed by atoms with Crippen LogP contribution in [0.4, 0.5) is 0 Å². The van der Waals surface area contributed by atoms with Crippen LogP contribution in [-0.2, 0) is 20.8 Å². The summed E-state index contributed by atoms with van der Waals surface area (Å²) >= 11 is 0. The first-order valence-electron chi connectivity index (χ1n) is 9.52. The minimum absolute atomic E-state index is 0.211. The molecule has 2 atom stereocenters. The summed E-state index contributed by atoms with van der Waals surface area (Å²) in [6, 6.07) is 7.59. The van der Waals surface area contributed by atoms with E-state index in [4.69, 9.17) is 9.47 Å². The van der Waals surface area contributed by atoms with Gasteiger partial charge in [0.2, 0.25) is 0 Å². The van der Waals surface area contributed by atoms with Crippen molar-refractivity contribution in [1.82, 2.24) is 9.88 Å². The highest BCUT2D eigenvalue weighted by molar-refractivity contribution is 6.08. The number of rotatable bonds is 8. The number of ether oxygens (including phenoxy) is 2. The molecule has 1 aliphatic carbocycles. The van der Waals surface area contributed by atoms with Gasteiger partial charge in [0, 0.05) is 49.2 Å². The van der Waals surface area contributed by atoms with Crippen LogP contribution < -0.4 is 5.32 Å². The highest BCUT2D eigenvalue weighted by atomic mass is 16.5. The molecule has 0 spiro atoms. The second-order valence-corrected chi connectivity index (χ2v) is 7.78. The Morgan fingerprint density at radius 2 is 2.04 bits per heavy atom. The lowest BCUT2D eigenvalue weighted by Gasteiger charge is -2.58. The van der Waals surface area contributed by atoms with E-state index in [1.54, 1.807) is 13.3 Å².